The SMILES string of the molecule is CCOc1nc(N)nc2c1ncn2[C@@H]1O[C@H](COP(=O)(N[C@@H](C)C(=O)OCC(C)(C)C)Oc2ccccc2)[C@@H](O)[C@@]1(C)C#N. The van der Waals surface area contributed by atoms with E-state index in [0.717, 1.165) is 0 Å². The summed E-state index contributed by atoms with van der Waals surface area (Å²) in [5, 5.41) is 24.1. The molecule has 0 radical (unpaired) electrons. The van der Waals surface area contributed by atoms with Gasteiger partial charge in [-0.05, 0) is 38.3 Å². The molecule has 6 atom stereocenters. The van der Waals surface area contributed by atoms with Crippen LogP contribution in [0.2, 0.25) is 0 Å². The third kappa shape index (κ3) is 7.28. The van der Waals surface area contributed by atoms with Crippen LogP contribution in [-0.2, 0) is 23.4 Å². The van der Waals surface area contributed by atoms with Crippen LogP contribution in [0.15, 0.2) is 36.7 Å². The highest BCUT2D eigenvalue weighted by Crippen LogP contribution is 2.49. The van der Waals surface area contributed by atoms with Crippen LogP contribution in [0, 0.1) is 22.2 Å². The molecular formula is C28H38N7O8P. The monoisotopic (exact) mass is 631 g/mol. The number of hydrogen-bond acceptors (Lipinski definition) is 13. The molecular weight excluding hydrogens is 593 g/mol. The van der Waals surface area contributed by atoms with Gasteiger partial charge in [-0.15, -0.1) is 0 Å². The summed E-state index contributed by atoms with van der Waals surface area (Å²) >= 11 is 0. The summed E-state index contributed by atoms with van der Waals surface area (Å²) in [6.45, 7) is 10.4. The molecule has 1 aliphatic heterocycles. The molecule has 1 aromatic carbocycles. The molecule has 1 saturated heterocycles. The molecule has 15 nitrogen and oxygen atoms in total. The second-order valence-corrected chi connectivity index (χ2v) is 13.4. The summed E-state index contributed by atoms with van der Waals surface area (Å²) < 4.78 is 43.9. The zero-order valence-corrected chi connectivity index (χ0v) is 26.4. The molecule has 1 fully saturated rings. The van der Waals surface area contributed by atoms with Crippen molar-refractivity contribution in [3.05, 3.63) is 36.7 Å². The minimum atomic E-state index is -4.28. The summed E-state index contributed by atoms with van der Waals surface area (Å²) in [4.78, 5) is 25.3. The highest BCUT2D eigenvalue weighted by molar-refractivity contribution is 7.52. The predicted octanol–water partition coefficient (Wildman–Crippen LogP) is 3.37. The molecule has 238 valence electrons. The maximum atomic E-state index is 14.0. The fourth-order valence-corrected chi connectivity index (χ4v) is 5.92. The Morgan fingerprint density at radius 2 is 2.02 bits per heavy atom. The smallest absolute Gasteiger partial charge is 0.459 e. The Balaban J connectivity index is 1.58. The Bertz CT molecular complexity index is 1560. The van der Waals surface area contributed by atoms with Gasteiger partial charge in [0.15, 0.2) is 17.4 Å². The molecule has 0 aliphatic carbocycles. The van der Waals surface area contributed by atoms with Crippen LogP contribution in [0.5, 0.6) is 11.6 Å². The first-order valence-electron chi connectivity index (χ1n) is 14.0. The van der Waals surface area contributed by atoms with Gasteiger partial charge in [0.2, 0.25) is 11.8 Å². The molecule has 0 amide bonds. The molecule has 2 aromatic heterocycles. The Morgan fingerprint density at radius 3 is 2.66 bits per heavy atom. The highest BCUT2D eigenvalue weighted by atomic mass is 31.2. The van der Waals surface area contributed by atoms with Crippen LogP contribution in [0.3, 0.4) is 0 Å². The fraction of sp³-hybridized carbons (Fsp3) is 0.536. The van der Waals surface area contributed by atoms with Crippen LogP contribution >= 0.6 is 7.75 Å². The highest BCUT2D eigenvalue weighted by Gasteiger charge is 2.56. The number of nitrogen functional groups attached to an aromatic ring is 1. The van der Waals surface area contributed by atoms with E-state index >= 15 is 0 Å². The van der Waals surface area contributed by atoms with E-state index in [1.54, 1.807) is 37.3 Å². The number of para-hydroxylation sites is 1. The van der Waals surface area contributed by atoms with Gasteiger partial charge in [0.25, 0.3) is 0 Å². The lowest BCUT2D eigenvalue weighted by Crippen LogP contribution is -2.39. The second kappa shape index (κ2) is 13.1. The van der Waals surface area contributed by atoms with E-state index in [1.807, 2.05) is 20.8 Å². The normalized spacial score (nSPS) is 23.9. The Labute approximate surface area is 255 Å². The number of esters is 1. The number of nitrogens with two attached hydrogens (primary N) is 1. The molecule has 0 spiro atoms. The lowest BCUT2D eigenvalue weighted by atomic mass is 9.84. The maximum Gasteiger partial charge on any atom is 0.459 e. The molecule has 16 heteroatoms. The van der Waals surface area contributed by atoms with E-state index in [-0.39, 0.29) is 40.8 Å². The second-order valence-electron chi connectivity index (χ2n) is 11.7. The summed E-state index contributed by atoms with van der Waals surface area (Å²) in [7, 11) is -4.28. The zero-order valence-electron chi connectivity index (χ0n) is 25.5. The number of hydrogen-bond donors (Lipinski definition) is 3. The Hall–Kier alpha value is -3.80. The first-order chi connectivity index (χ1) is 20.7. The predicted molar refractivity (Wildman–Crippen MR) is 158 cm³/mol. The van der Waals surface area contributed by atoms with Crippen molar-refractivity contribution in [2.24, 2.45) is 10.8 Å². The molecule has 3 aromatic rings. The maximum absolute atomic E-state index is 14.0. The van der Waals surface area contributed by atoms with Crippen molar-refractivity contribution in [2.75, 3.05) is 25.6 Å². The Morgan fingerprint density at radius 1 is 1.32 bits per heavy atom. The Kier molecular flexibility index (Phi) is 9.82. The minimum absolute atomic E-state index is 0.0833. The number of fused-ring (bicyclic) bond motifs is 1. The molecule has 0 saturated carbocycles. The summed E-state index contributed by atoms with van der Waals surface area (Å²) in [5.74, 6) is -0.376. The summed E-state index contributed by atoms with van der Waals surface area (Å²) in [5.41, 5.74) is 4.60. The number of aliphatic hydroxyl groups excluding tert-OH is 1. The zero-order chi connectivity index (χ0) is 32.3. The number of rotatable bonds is 12. The fourth-order valence-electron chi connectivity index (χ4n) is 4.42. The standard InChI is InChI=1S/C28H38N7O8P/c1-7-39-23-20-22(32-26(30)33-23)35(16-31-20)25-28(6,14-29)21(36)19(42-25)13-41-44(38,43-18-11-9-8-10-12-18)34-17(2)24(37)40-15-27(3,4)5/h8-12,16-17,19,21,25,36H,7,13,15H2,1-6H3,(H,34,38)(H2,30,32,33)/t17-,19+,21+,25+,28+,44?/m0/s1. The van der Waals surface area contributed by atoms with Gasteiger partial charge in [0.1, 0.15) is 29.4 Å². The van der Waals surface area contributed by atoms with Crippen LogP contribution < -0.4 is 20.1 Å². The number of nitrogens with one attached hydrogen (secondary N) is 1. The lowest BCUT2D eigenvalue weighted by Gasteiger charge is -2.26. The van der Waals surface area contributed by atoms with E-state index < -0.39 is 50.2 Å². The van der Waals surface area contributed by atoms with E-state index in [4.69, 9.17) is 29.0 Å². The van der Waals surface area contributed by atoms with Crippen molar-refractivity contribution >= 4 is 30.8 Å². The molecule has 1 unspecified atom stereocenters. The van der Waals surface area contributed by atoms with E-state index in [2.05, 4.69) is 26.1 Å². The van der Waals surface area contributed by atoms with Crippen molar-refractivity contribution in [1.82, 2.24) is 24.6 Å². The number of anilines is 1. The van der Waals surface area contributed by atoms with Crippen molar-refractivity contribution < 1.29 is 37.7 Å². The van der Waals surface area contributed by atoms with E-state index in [9.17, 15) is 19.7 Å². The number of nitrogens with zero attached hydrogens (tertiary/aromatic N) is 5. The molecule has 1 aliphatic rings. The van der Waals surface area contributed by atoms with E-state index in [1.165, 1.54) is 24.7 Å². The van der Waals surface area contributed by atoms with Crippen molar-refractivity contribution in [3.63, 3.8) is 0 Å². The van der Waals surface area contributed by atoms with Crippen molar-refractivity contribution in [2.45, 2.75) is 66.0 Å². The quantitative estimate of drug-likeness (QED) is 0.194. The van der Waals surface area contributed by atoms with E-state index in [0.29, 0.717) is 6.61 Å². The van der Waals surface area contributed by atoms with Gasteiger partial charge in [-0.3, -0.25) is 13.9 Å². The number of ether oxygens (including phenoxy) is 3. The van der Waals surface area contributed by atoms with Crippen molar-refractivity contribution in [3.8, 4) is 17.7 Å². The van der Waals surface area contributed by atoms with Gasteiger partial charge in [0.05, 0.1) is 32.2 Å². The number of carbonyl (C=O) groups excluding carboxylic acids is 1. The summed E-state index contributed by atoms with van der Waals surface area (Å²) in [6, 6.07) is 9.28. The number of carbonyl (C=O) groups is 1. The van der Waals surface area contributed by atoms with Gasteiger partial charge in [0, 0.05) is 0 Å². The first kappa shape index (κ1) is 33.1. The van der Waals surface area contributed by atoms with Gasteiger partial charge in [-0.25, -0.2) is 9.55 Å². The van der Waals surface area contributed by atoms with Crippen molar-refractivity contribution in [1.29, 1.82) is 5.26 Å². The van der Waals surface area contributed by atoms with Crippen LogP contribution in [0.4, 0.5) is 5.95 Å². The number of imidazole rings is 1. The molecule has 4 N–H and O–H groups in total. The number of nitriles is 1. The number of aromatic nitrogens is 4. The molecule has 4 rings (SSSR count). The first-order valence-corrected chi connectivity index (χ1v) is 15.5. The van der Waals surface area contributed by atoms with Gasteiger partial charge >= 0.3 is 13.7 Å². The third-order valence-electron chi connectivity index (χ3n) is 6.69. The third-order valence-corrected chi connectivity index (χ3v) is 8.34. The largest absolute Gasteiger partial charge is 0.476 e. The molecule has 0 bridgehead atoms. The minimum Gasteiger partial charge on any atom is -0.476 e. The lowest BCUT2D eigenvalue weighted by molar-refractivity contribution is -0.148. The van der Waals surface area contributed by atoms with Gasteiger partial charge < -0.3 is 29.6 Å². The average Bonchev–Trinajstić information content (AvgIpc) is 3.49. The molecule has 44 heavy (non-hydrogen) atoms. The number of aliphatic hydroxyl groups is 1. The topological polar surface area (TPSA) is 206 Å². The average molecular weight is 632 g/mol. The van der Waals surface area contributed by atoms with Crippen LogP contribution in [0.25, 0.3) is 11.2 Å². The summed E-state index contributed by atoms with van der Waals surface area (Å²) in [6.07, 6.45) is -2.31. The number of benzene rings is 1. The van der Waals surface area contributed by atoms with Crippen LogP contribution in [0.1, 0.15) is 47.8 Å². The van der Waals surface area contributed by atoms with Gasteiger partial charge in [-0.2, -0.15) is 20.3 Å². The molecule has 3 heterocycles. The van der Waals surface area contributed by atoms with Gasteiger partial charge in [-0.1, -0.05) is 39.0 Å². The van der Waals surface area contributed by atoms with Crippen LogP contribution in [-0.4, -0.2) is 68.7 Å².